The van der Waals surface area contributed by atoms with E-state index in [1.165, 1.54) is 4.90 Å². The van der Waals surface area contributed by atoms with Crippen LogP contribution in [0.4, 0.5) is 4.79 Å². The van der Waals surface area contributed by atoms with Gasteiger partial charge in [-0.1, -0.05) is 26.7 Å². The first-order valence-electron chi connectivity index (χ1n) is 7.26. The highest BCUT2D eigenvalue weighted by Gasteiger charge is 2.38. The summed E-state index contributed by atoms with van der Waals surface area (Å²) in [4.78, 5) is 24.8. The van der Waals surface area contributed by atoms with E-state index in [0.717, 1.165) is 12.8 Å². The van der Waals surface area contributed by atoms with E-state index in [0.29, 0.717) is 5.92 Å². The van der Waals surface area contributed by atoms with Crippen LogP contribution in [0.3, 0.4) is 0 Å². The predicted molar refractivity (Wildman–Crippen MR) is 75.6 cm³/mol. The number of nitrogens with zero attached hydrogens (tertiary/aromatic N) is 1. The van der Waals surface area contributed by atoms with Crippen molar-refractivity contribution in [3.8, 4) is 0 Å². The average Bonchev–Trinajstić information content (AvgIpc) is 2.88. The average molecular weight is 286 g/mol. The van der Waals surface area contributed by atoms with Gasteiger partial charge in [-0.25, -0.2) is 4.79 Å². The van der Waals surface area contributed by atoms with Crippen molar-refractivity contribution in [3.05, 3.63) is 0 Å². The number of aliphatic carboxylic acids is 1. The lowest BCUT2D eigenvalue weighted by atomic mass is 9.95. The van der Waals surface area contributed by atoms with Crippen molar-refractivity contribution in [1.29, 1.82) is 0 Å². The van der Waals surface area contributed by atoms with Crippen LogP contribution in [-0.4, -0.2) is 54.4 Å². The van der Waals surface area contributed by atoms with E-state index in [2.05, 4.69) is 19.2 Å². The van der Waals surface area contributed by atoms with Crippen LogP contribution in [-0.2, 0) is 9.53 Å². The molecule has 0 saturated carbocycles. The van der Waals surface area contributed by atoms with E-state index >= 15 is 0 Å². The van der Waals surface area contributed by atoms with Crippen LogP contribution in [0, 0.1) is 11.8 Å². The molecule has 1 saturated heterocycles. The molecular formula is C14H26N2O4. The molecule has 116 valence electrons. The minimum atomic E-state index is -0.916. The van der Waals surface area contributed by atoms with Crippen LogP contribution in [0.25, 0.3) is 0 Å². The molecule has 0 radical (unpaired) electrons. The Hall–Kier alpha value is -1.30. The van der Waals surface area contributed by atoms with Gasteiger partial charge in [-0.2, -0.15) is 0 Å². The van der Waals surface area contributed by atoms with Gasteiger partial charge in [0.2, 0.25) is 0 Å². The van der Waals surface area contributed by atoms with Gasteiger partial charge in [0.05, 0.1) is 19.3 Å². The Morgan fingerprint density at radius 3 is 2.45 bits per heavy atom. The number of urea groups is 1. The number of ether oxygens (including phenoxy) is 1. The van der Waals surface area contributed by atoms with Crippen LogP contribution in [0.5, 0.6) is 0 Å². The summed E-state index contributed by atoms with van der Waals surface area (Å²) in [6.45, 7) is 6.64. The highest BCUT2D eigenvalue weighted by molar-refractivity contribution is 5.77. The first-order valence-corrected chi connectivity index (χ1v) is 7.26. The normalized spacial score (nSPS) is 23.6. The molecule has 0 bridgehead atoms. The Balaban J connectivity index is 2.60. The Morgan fingerprint density at radius 1 is 1.35 bits per heavy atom. The Kier molecular flexibility index (Phi) is 6.26. The summed E-state index contributed by atoms with van der Waals surface area (Å²) >= 11 is 0. The Morgan fingerprint density at radius 2 is 1.95 bits per heavy atom. The molecule has 0 aromatic heterocycles. The number of nitrogens with one attached hydrogen (secondary N) is 1. The first-order chi connectivity index (χ1) is 9.42. The predicted octanol–water partition coefficient (Wildman–Crippen LogP) is 1.55. The van der Waals surface area contributed by atoms with Gasteiger partial charge in [-0.3, -0.25) is 4.79 Å². The number of carboxylic acid groups (broad SMARTS) is 1. The van der Waals surface area contributed by atoms with Crippen LogP contribution < -0.4 is 5.32 Å². The van der Waals surface area contributed by atoms with Gasteiger partial charge >= 0.3 is 12.0 Å². The van der Waals surface area contributed by atoms with E-state index in [1.807, 2.05) is 6.92 Å². The monoisotopic (exact) mass is 286 g/mol. The molecule has 0 aromatic carbocycles. The number of carbonyl (C=O) groups is 2. The molecule has 2 N–H and O–H groups in total. The second kappa shape index (κ2) is 7.47. The number of hydrogen-bond donors (Lipinski definition) is 2. The van der Waals surface area contributed by atoms with Crippen molar-refractivity contribution in [2.24, 2.45) is 11.8 Å². The molecule has 3 unspecified atom stereocenters. The molecule has 0 spiro atoms. The first kappa shape index (κ1) is 16.8. The molecule has 0 aliphatic carbocycles. The standard InChI is InChI=1S/C14H26N2O4/c1-5-10(6-2)9(3)15-14(19)16(4)12-8-20-7-11(12)13(17)18/h9-12H,5-8H2,1-4H3,(H,15,19)(H,17,18). The zero-order valence-electron chi connectivity index (χ0n) is 12.8. The van der Waals surface area contributed by atoms with E-state index in [4.69, 9.17) is 9.84 Å². The maximum atomic E-state index is 12.2. The van der Waals surface area contributed by atoms with Crippen molar-refractivity contribution in [3.63, 3.8) is 0 Å². The van der Waals surface area contributed by atoms with Gasteiger partial charge in [-0.05, 0) is 12.8 Å². The highest BCUT2D eigenvalue weighted by atomic mass is 16.5. The topological polar surface area (TPSA) is 78.9 Å². The quantitative estimate of drug-likeness (QED) is 0.776. The molecule has 1 fully saturated rings. The molecule has 20 heavy (non-hydrogen) atoms. The number of rotatable bonds is 6. The molecule has 2 amide bonds. The summed E-state index contributed by atoms with van der Waals surface area (Å²) in [6.07, 6.45) is 2.01. The molecular weight excluding hydrogens is 260 g/mol. The third-order valence-electron chi connectivity index (χ3n) is 4.29. The summed E-state index contributed by atoms with van der Waals surface area (Å²) in [5.74, 6) is -1.13. The van der Waals surface area contributed by atoms with E-state index in [9.17, 15) is 9.59 Å². The zero-order valence-corrected chi connectivity index (χ0v) is 12.8. The second-order valence-electron chi connectivity index (χ2n) is 5.48. The number of likely N-dealkylation sites (N-methyl/N-ethyl adjacent to an activating group) is 1. The number of hydrogen-bond acceptors (Lipinski definition) is 3. The van der Waals surface area contributed by atoms with Crippen molar-refractivity contribution in [1.82, 2.24) is 10.2 Å². The molecule has 3 atom stereocenters. The lowest BCUT2D eigenvalue weighted by molar-refractivity contribution is -0.142. The smallest absolute Gasteiger partial charge is 0.317 e. The zero-order chi connectivity index (χ0) is 15.3. The molecule has 1 aliphatic heterocycles. The number of carboxylic acids is 1. The van der Waals surface area contributed by atoms with Crippen LogP contribution >= 0.6 is 0 Å². The van der Waals surface area contributed by atoms with Gasteiger partial charge < -0.3 is 20.1 Å². The number of amides is 2. The molecule has 1 rings (SSSR count). The Bertz CT molecular complexity index is 344. The van der Waals surface area contributed by atoms with Crippen molar-refractivity contribution < 1.29 is 19.4 Å². The summed E-state index contributed by atoms with van der Waals surface area (Å²) < 4.78 is 5.19. The van der Waals surface area contributed by atoms with Crippen LogP contribution in [0.1, 0.15) is 33.6 Å². The minimum Gasteiger partial charge on any atom is -0.481 e. The van der Waals surface area contributed by atoms with E-state index < -0.39 is 17.9 Å². The summed E-state index contributed by atoms with van der Waals surface area (Å²) in [7, 11) is 1.63. The van der Waals surface area contributed by atoms with E-state index in [1.54, 1.807) is 7.05 Å². The Labute approximate surface area is 120 Å². The van der Waals surface area contributed by atoms with Crippen molar-refractivity contribution in [2.75, 3.05) is 20.3 Å². The fourth-order valence-corrected chi connectivity index (χ4v) is 2.72. The van der Waals surface area contributed by atoms with Crippen molar-refractivity contribution >= 4 is 12.0 Å². The lowest BCUT2D eigenvalue weighted by Gasteiger charge is -2.30. The second-order valence-corrected chi connectivity index (χ2v) is 5.48. The van der Waals surface area contributed by atoms with Gasteiger partial charge in [0, 0.05) is 13.1 Å². The van der Waals surface area contributed by atoms with Crippen LogP contribution in [0.15, 0.2) is 0 Å². The highest BCUT2D eigenvalue weighted by Crippen LogP contribution is 2.20. The fraction of sp³-hybridized carbons (Fsp3) is 0.857. The van der Waals surface area contributed by atoms with Gasteiger partial charge in [-0.15, -0.1) is 0 Å². The largest absolute Gasteiger partial charge is 0.481 e. The third kappa shape index (κ3) is 3.85. The molecule has 6 heteroatoms. The van der Waals surface area contributed by atoms with Gasteiger partial charge in [0.1, 0.15) is 5.92 Å². The van der Waals surface area contributed by atoms with E-state index in [-0.39, 0.29) is 25.3 Å². The van der Waals surface area contributed by atoms with Crippen LogP contribution in [0.2, 0.25) is 0 Å². The molecule has 0 aromatic rings. The lowest BCUT2D eigenvalue weighted by Crippen LogP contribution is -2.51. The third-order valence-corrected chi connectivity index (χ3v) is 4.29. The molecule has 6 nitrogen and oxygen atoms in total. The van der Waals surface area contributed by atoms with Gasteiger partial charge in [0.25, 0.3) is 0 Å². The number of carbonyl (C=O) groups excluding carboxylic acids is 1. The summed E-state index contributed by atoms with van der Waals surface area (Å²) in [5, 5.41) is 12.1. The van der Waals surface area contributed by atoms with Crippen molar-refractivity contribution in [2.45, 2.75) is 45.7 Å². The maximum Gasteiger partial charge on any atom is 0.317 e. The molecule has 1 heterocycles. The van der Waals surface area contributed by atoms with Gasteiger partial charge in [0.15, 0.2) is 0 Å². The summed E-state index contributed by atoms with van der Waals surface area (Å²) in [5.41, 5.74) is 0. The molecule has 1 aliphatic rings. The fourth-order valence-electron chi connectivity index (χ4n) is 2.72. The SMILES string of the molecule is CCC(CC)C(C)NC(=O)N(C)C1COCC1C(=O)O. The summed E-state index contributed by atoms with van der Waals surface area (Å²) in [6, 6.07) is -0.557. The minimum absolute atomic E-state index is 0.0746. The maximum absolute atomic E-state index is 12.2.